The van der Waals surface area contributed by atoms with Crippen LogP contribution in [0.25, 0.3) is 11.0 Å². The lowest BCUT2D eigenvalue weighted by molar-refractivity contribution is 0.415. The monoisotopic (exact) mass is 342 g/mol. The van der Waals surface area contributed by atoms with Crippen molar-refractivity contribution in [3.05, 3.63) is 42.5 Å². The molecule has 0 fully saturated rings. The first kappa shape index (κ1) is 16.1. The van der Waals surface area contributed by atoms with E-state index in [0.717, 1.165) is 22.5 Å². The van der Waals surface area contributed by atoms with E-state index in [1.54, 1.807) is 7.11 Å². The summed E-state index contributed by atoms with van der Waals surface area (Å²) in [5.74, 6) is 1.33. The van der Waals surface area contributed by atoms with Gasteiger partial charge in [-0.05, 0) is 36.5 Å². The lowest BCUT2D eigenvalue weighted by Crippen LogP contribution is -2.19. The Morgan fingerprint density at radius 1 is 1.17 bits per heavy atom. The standard InChI is InChI=1S/C17H18N4O2S/c1-21(2)13-8-5-9-14-15(13)16(20-23-14)19-17(24)18-11-6-4-7-12(10-11)22-3/h4-10H,1-3H3,(H2,18,19,20,24). The number of benzene rings is 2. The number of aromatic nitrogens is 1. The van der Waals surface area contributed by atoms with Crippen LogP contribution in [0.4, 0.5) is 17.2 Å². The maximum Gasteiger partial charge on any atom is 0.185 e. The van der Waals surface area contributed by atoms with E-state index in [-0.39, 0.29) is 0 Å². The van der Waals surface area contributed by atoms with Crippen LogP contribution < -0.4 is 20.3 Å². The molecule has 2 N–H and O–H groups in total. The van der Waals surface area contributed by atoms with Gasteiger partial charge in [-0.2, -0.15) is 0 Å². The Morgan fingerprint density at radius 3 is 2.71 bits per heavy atom. The number of fused-ring (bicyclic) bond motifs is 1. The van der Waals surface area contributed by atoms with Gasteiger partial charge in [-0.3, -0.25) is 0 Å². The molecule has 6 nitrogen and oxygen atoms in total. The third-order valence-electron chi connectivity index (χ3n) is 3.52. The van der Waals surface area contributed by atoms with Crippen molar-refractivity contribution in [2.45, 2.75) is 0 Å². The van der Waals surface area contributed by atoms with Crippen LogP contribution in [-0.4, -0.2) is 31.5 Å². The van der Waals surface area contributed by atoms with Gasteiger partial charge in [-0.15, -0.1) is 0 Å². The number of hydrogen-bond acceptors (Lipinski definition) is 5. The molecule has 124 valence electrons. The molecule has 0 atom stereocenters. The number of nitrogens with one attached hydrogen (secondary N) is 2. The minimum absolute atomic E-state index is 0.423. The summed E-state index contributed by atoms with van der Waals surface area (Å²) in [7, 11) is 5.57. The quantitative estimate of drug-likeness (QED) is 0.701. The SMILES string of the molecule is COc1cccc(NC(=S)Nc2noc3cccc(N(C)C)c23)c1. The molecule has 0 aliphatic rings. The van der Waals surface area contributed by atoms with E-state index in [4.69, 9.17) is 21.5 Å². The van der Waals surface area contributed by atoms with Crippen molar-refractivity contribution in [2.75, 3.05) is 36.7 Å². The van der Waals surface area contributed by atoms with Crippen LogP contribution in [0.1, 0.15) is 0 Å². The minimum atomic E-state index is 0.423. The van der Waals surface area contributed by atoms with Crippen LogP contribution >= 0.6 is 12.2 Å². The largest absolute Gasteiger partial charge is 0.497 e. The minimum Gasteiger partial charge on any atom is -0.497 e. The van der Waals surface area contributed by atoms with Gasteiger partial charge in [0.05, 0.1) is 18.2 Å². The molecule has 0 saturated heterocycles. The molecule has 24 heavy (non-hydrogen) atoms. The zero-order chi connectivity index (χ0) is 17.1. The molecule has 0 spiro atoms. The molecule has 0 unspecified atom stereocenters. The van der Waals surface area contributed by atoms with Crippen LogP contribution in [0, 0.1) is 0 Å². The van der Waals surface area contributed by atoms with Crippen LogP contribution in [0.15, 0.2) is 47.0 Å². The number of hydrogen-bond donors (Lipinski definition) is 2. The molecule has 3 aromatic rings. The van der Waals surface area contributed by atoms with E-state index >= 15 is 0 Å². The van der Waals surface area contributed by atoms with E-state index in [2.05, 4.69) is 15.8 Å². The second kappa shape index (κ2) is 6.76. The zero-order valence-corrected chi connectivity index (χ0v) is 14.5. The summed E-state index contributed by atoms with van der Waals surface area (Å²) in [6, 6.07) is 13.3. The second-order valence-corrected chi connectivity index (χ2v) is 5.80. The fourth-order valence-corrected chi connectivity index (χ4v) is 2.62. The topological polar surface area (TPSA) is 62.6 Å². The summed E-state index contributed by atoms with van der Waals surface area (Å²) in [5, 5.41) is 11.6. The Kier molecular flexibility index (Phi) is 4.52. The average molecular weight is 342 g/mol. The van der Waals surface area contributed by atoms with Gasteiger partial charge in [-0.25, -0.2) is 0 Å². The van der Waals surface area contributed by atoms with Crippen LogP contribution in [0.2, 0.25) is 0 Å². The highest BCUT2D eigenvalue weighted by Gasteiger charge is 2.14. The first-order valence-electron chi connectivity index (χ1n) is 7.36. The molecule has 1 heterocycles. The van der Waals surface area contributed by atoms with Crippen molar-refractivity contribution < 1.29 is 9.26 Å². The fourth-order valence-electron chi connectivity index (χ4n) is 2.40. The number of ether oxygens (including phenoxy) is 1. The Labute approximate surface area is 145 Å². The Morgan fingerprint density at radius 2 is 1.96 bits per heavy atom. The predicted molar refractivity (Wildman–Crippen MR) is 101 cm³/mol. The third kappa shape index (κ3) is 3.26. The van der Waals surface area contributed by atoms with Crippen LogP contribution in [0.5, 0.6) is 5.75 Å². The molecule has 2 aromatic carbocycles. The van der Waals surface area contributed by atoms with Gasteiger partial charge in [0.1, 0.15) is 5.75 Å². The Balaban J connectivity index is 1.83. The second-order valence-electron chi connectivity index (χ2n) is 5.39. The maximum atomic E-state index is 5.38. The van der Waals surface area contributed by atoms with Crippen molar-refractivity contribution in [2.24, 2.45) is 0 Å². The lowest BCUT2D eigenvalue weighted by atomic mass is 10.2. The molecule has 0 aliphatic carbocycles. The predicted octanol–water partition coefficient (Wildman–Crippen LogP) is 3.71. The van der Waals surface area contributed by atoms with Crippen molar-refractivity contribution in [1.82, 2.24) is 5.16 Å². The molecule has 0 radical (unpaired) electrons. The number of methoxy groups -OCH3 is 1. The maximum absolute atomic E-state index is 5.38. The summed E-state index contributed by atoms with van der Waals surface area (Å²) in [4.78, 5) is 2.00. The summed E-state index contributed by atoms with van der Waals surface area (Å²) in [5.41, 5.74) is 2.53. The van der Waals surface area contributed by atoms with Gasteiger partial charge in [0.15, 0.2) is 16.5 Å². The van der Waals surface area contributed by atoms with Gasteiger partial charge >= 0.3 is 0 Å². The summed E-state index contributed by atoms with van der Waals surface area (Å²) in [6.45, 7) is 0. The lowest BCUT2D eigenvalue weighted by Gasteiger charge is -2.14. The number of thiocarbonyl (C=S) groups is 1. The van der Waals surface area contributed by atoms with E-state index in [1.807, 2.05) is 61.5 Å². The number of nitrogens with zero attached hydrogens (tertiary/aromatic N) is 2. The molecule has 3 rings (SSSR count). The Hall–Kier alpha value is -2.80. The third-order valence-corrected chi connectivity index (χ3v) is 3.72. The number of anilines is 3. The molecule has 0 aliphatic heterocycles. The fraction of sp³-hybridized carbons (Fsp3) is 0.176. The van der Waals surface area contributed by atoms with Gasteiger partial charge in [0, 0.05) is 25.8 Å². The van der Waals surface area contributed by atoms with Crippen molar-refractivity contribution >= 4 is 45.5 Å². The van der Waals surface area contributed by atoms with E-state index in [1.165, 1.54) is 0 Å². The van der Waals surface area contributed by atoms with Crippen molar-refractivity contribution in [3.63, 3.8) is 0 Å². The van der Waals surface area contributed by atoms with Crippen LogP contribution in [0.3, 0.4) is 0 Å². The molecular weight excluding hydrogens is 324 g/mol. The molecule has 0 amide bonds. The van der Waals surface area contributed by atoms with Crippen LogP contribution in [-0.2, 0) is 0 Å². The summed E-state index contributed by atoms with van der Waals surface area (Å²) < 4.78 is 10.6. The highest BCUT2D eigenvalue weighted by atomic mass is 32.1. The summed E-state index contributed by atoms with van der Waals surface area (Å²) in [6.07, 6.45) is 0. The molecule has 1 aromatic heterocycles. The smallest absolute Gasteiger partial charge is 0.185 e. The highest BCUT2D eigenvalue weighted by molar-refractivity contribution is 7.80. The normalized spacial score (nSPS) is 10.5. The van der Waals surface area contributed by atoms with Crippen molar-refractivity contribution in [3.8, 4) is 5.75 Å². The first-order chi connectivity index (χ1) is 11.6. The van der Waals surface area contributed by atoms with E-state index in [9.17, 15) is 0 Å². The van der Waals surface area contributed by atoms with Gasteiger partial charge in [-0.1, -0.05) is 17.3 Å². The molecule has 7 heteroatoms. The van der Waals surface area contributed by atoms with Gasteiger partial charge in [0.2, 0.25) is 0 Å². The molecule has 0 bridgehead atoms. The first-order valence-corrected chi connectivity index (χ1v) is 7.77. The number of rotatable bonds is 4. The zero-order valence-electron chi connectivity index (χ0n) is 13.7. The molecular formula is C17H18N4O2S. The average Bonchev–Trinajstić information content (AvgIpc) is 2.97. The molecule has 0 saturated carbocycles. The van der Waals surface area contributed by atoms with E-state index < -0.39 is 0 Å². The van der Waals surface area contributed by atoms with Gasteiger partial charge < -0.3 is 24.8 Å². The van der Waals surface area contributed by atoms with Crippen molar-refractivity contribution in [1.29, 1.82) is 0 Å². The highest BCUT2D eigenvalue weighted by Crippen LogP contribution is 2.32. The van der Waals surface area contributed by atoms with Gasteiger partial charge in [0.25, 0.3) is 0 Å². The van der Waals surface area contributed by atoms with E-state index in [0.29, 0.717) is 16.5 Å². The summed E-state index contributed by atoms with van der Waals surface area (Å²) >= 11 is 5.38. The Bertz CT molecular complexity index is 876.